The first-order chi connectivity index (χ1) is 13.0. The zero-order valence-corrected chi connectivity index (χ0v) is 16.6. The summed E-state index contributed by atoms with van der Waals surface area (Å²) in [6.45, 7) is 5.39. The highest BCUT2D eigenvalue weighted by molar-refractivity contribution is 7.89. The standard InChI is InChI=1S/C20H27N3O3S/c1-3-23(4-2)27(25,26)19-12-10-18(11-13-19)16-22-20(24)21-15-14-17-8-6-5-7-9-17/h5-13H,3-4,14-16H2,1-2H3,(H2,21,22,24). The van der Waals surface area contributed by atoms with Crippen molar-refractivity contribution in [2.24, 2.45) is 0 Å². The summed E-state index contributed by atoms with van der Waals surface area (Å²) in [5.74, 6) is 0. The highest BCUT2D eigenvalue weighted by Crippen LogP contribution is 2.16. The molecule has 0 saturated heterocycles. The van der Waals surface area contributed by atoms with Crippen molar-refractivity contribution in [3.8, 4) is 0 Å². The van der Waals surface area contributed by atoms with Crippen molar-refractivity contribution in [1.82, 2.24) is 14.9 Å². The van der Waals surface area contributed by atoms with Gasteiger partial charge in [0.2, 0.25) is 10.0 Å². The molecule has 2 rings (SSSR count). The van der Waals surface area contributed by atoms with Crippen LogP contribution in [0.3, 0.4) is 0 Å². The van der Waals surface area contributed by atoms with Crippen molar-refractivity contribution >= 4 is 16.1 Å². The van der Waals surface area contributed by atoms with Gasteiger partial charge in [-0.05, 0) is 29.7 Å². The van der Waals surface area contributed by atoms with Gasteiger partial charge in [-0.3, -0.25) is 0 Å². The average molecular weight is 390 g/mol. The summed E-state index contributed by atoms with van der Waals surface area (Å²) in [6, 6.07) is 16.3. The number of rotatable bonds is 9. The molecule has 0 heterocycles. The van der Waals surface area contributed by atoms with Crippen LogP contribution in [0.5, 0.6) is 0 Å². The maximum absolute atomic E-state index is 12.5. The van der Waals surface area contributed by atoms with Crippen LogP contribution in [-0.2, 0) is 23.0 Å². The number of nitrogens with one attached hydrogen (secondary N) is 2. The van der Waals surface area contributed by atoms with Crippen LogP contribution in [-0.4, -0.2) is 38.4 Å². The van der Waals surface area contributed by atoms with E-state index in [1.54, 1.807) is 24.3 Å². The first-order valence-electron chi connectivity index (χ1n) is 9.12. The van der Waals surface area contributed by atoms with Gasteiger partial charge in [0.15, 0.2) is 0 Å². The van der Waals surface area contributed by atoms with Gasteiger partial charge < -0.3 is 10.6 Å². The Labute approximate surface area is 161 Å². The number of carbonyl (C=O) groups excluding carboxylic acids is 1. The van der Waals surface area contributed by atoms with Crippen LogP contribution >= 0.6 is 0 Å². The lowest BCUT2D eigenvalue weighted by molar-refractivity contribution is 0.240. The predicted octanol–water partition coefficient (Wildman–Crippen LogP) is 2.76. The molecule has 0 saturated carbocycles. The van der Waals surface area contributed by atoms with E-state index in [2.05, 4.69) is 10.6 Å². The van der Waals surface area contributed by atoms with Crippen molar-refractivity contribution in [3.05, 3.63) is 65.7 Å². The minimum absolute atomic E-state index is 0.245. The molecule has 0 aliphatic heterocycles. The SMILES string of the molecule is CCN(CC)S(=O)(=O)c1ccc(CNC(=O)NCCc2ccccc2)cc1. The Hall–Kier alpha value is -2.38. The summed E-state index contributed by atoms with van der Waals surface area (Å²) < 4.78 is 26.3. The van der Waals surface area contributed by atoms with Gasteiger partial charge in [-0.2, -0.15) is 4.31 Å². The Morgan fingerprint density at radius 1 is 0.889 bits per heavy atom. The first-order valence-corrected chi connectivity index (χ1v) is 10.6. The summed E-state index contributed by atoms with van der Waals surface area (Å²) in [6.07, 6.45) is 0.770. The third kappa shape index (κ3) is 6.08. The van der Waals surface area contributed by atoms with Gasteiger partial charge in [0.25, 0.3) is 0 Å². The van der Waals surface area contributed by atoms with Crippen LogP contribution in [0, 0.1) is 0 Å². The van der Waals surface area contributed by atoms with E-state index in [1.807, 2.05) is 44.2 Å². The van der Waals surface area contributed by atoms with Crippen molar-refractivity contribution in [3.63, 3.8) is 0 Å². The van der Waals surface area contributed by atoms with Gasteiger partial charge in [0, 0.05) is 26.2 Å². The molecular formula is C20H27N3O3S. The number of sulfonamides is 1. The fraction of sp³-hybridized carbons (Fsp3) is 0.350. The Morgan fingerprint density at radius 2 is 1.52 bits per heavy atom. The molecule has 0 bridgehead atoms. The monoisotopic (exact) mass is 389 g/mol. The number of hydrogen-bond acceptors (Lipinski definition) is 3. The van der Waals surface area contributed by atoms with Crippen LogP contribution in [0.25, 0.3) is 0 Å². The second kappa shape index (κ2) is 10.1. The van der Waals surface area contributed by atoms with Gasteiger partial charge in [-0.1, -0.05) is 56.3 Å². The highest BCUT2D eigenvalue weighted by Gasteiger charge is 2.21. The van der Waals surface area contributed by atoms with E-state index >= 15 is 0 Å². The fourth-order valence-electron chi connectivity index (χ4n) is 2.70. The summed E-state index contributed by atoms with van der Waals surface area (Å²) in [4.78, 5) is 12.1. The molecular weight excluding hydrogens is 362 g/mol. The summed E-state index contributed by atoms with van der Waals surface area (Å²) in [5.41, 5.74) is 2.01. The largest absolute Gasteiger partial charge is 0.338 e. The fourth-order valence-corrected chi connectivity index (χ4v) is 4.16. The van der Waals surface area contributed by atoms with E-state index in [-0.39, 0.29) is 10.9 Å². The van der Waals surface area contributed by atoms with Crippen molar-refractivity contribution in [1.29, 1.82) is 0 Å². The second-order valence-corrected chi connectivity index (χ2v) is 8.02. The van der Waals surface area contributed by atoms with Crippen LogP contribution in [0.4, 0.5) is 4.79 Å². The molecule has 0 atom stereocenters. The summed E-state index contributed by atoms with van der Waals surface area (Å²) in [7, 11) is -3.45. The van der Waals surface area contributed by atoms with Crippen LogP contribution in [0.1, 0.15) is 25.0 Å². The van der Waals surface area contributed by atoms with Gasteiger partial charge in [-0.15, -0.1) is 0 Å². The minimum Gasteiger partial charge on any atom is -0.338 e. The molecule has 0 unspecified atom stereocenters. The lowest BCUT2D eigenvalue weighted by Gasteiger charge is -2.18. The Kier molecular flexibility index (Phi) is 7.82. The molecule has 7 heteroatoms. The Morgan fingerprint density at radius 3 is 2.11 bits per heavy atom. The number of hydrogen-bond donors (Lipinski definition) is 2. The van der Waals surface area contributed by atoms with E-state index in [4.69, 9.17) is 0 Å². The number of carbonyl (C=O) groups is 1. The zero-order valence-electron chi connectivity index (χ0n) is 15.8. The van der Waals surface area contributed by atoms with Crippen LogP contribution in [0.2, 0.25) is 0 Å². The molecule has 0 aliphatic rings. The maximum Gasteiger partial charge on any atom is 0.315 e. The molecule has 0 radical (unpaired) electrons. The van der Waals surface area contributed by atoms with E-state index in [0.717, 1.165) is 12.0 Å². The van der Waals surface area contributed by atoms with Gasteiger partial charge in [-0.25, -0.2) is 13.2 Å². The highest BCUT2D eigenvalue weighted by atomic mass is 32.2. The number of nitrogens with zero attached hydrogens (tertiary/aromatic N) is 1. The third-order valence-electron chi connectivity index (χ3n) is 4.26. The molecule has 0 aromatic heterocycles. The summed E-state index contributed by atoms with van der Waals surface area (Å²) >= 11 is 0. The van der Waals surface area contributed by atoms with Crippen LogP contribution < -0.4 is 10.6 Å². The molecule has 2 amide bonds. The topological polar surface area (TPSA) is 78.5 Å². The maximum atomic E-state index is 12.5. The molecule has 0 fully saturated rings. The van der Waals surface area contributed by atoms with Gasteiger partial charge >= 0.3 is 6.03 Å². The minimum atomic E-state index is -3.45. The smallest absolute Gasteiger partial charge is 0.315 e. The third-order valence-corrected chi connectivity index (χ3v) is 6.33. The van der Waals surface area contributed by atoms with E-state index in [9.17, 15) is 13.2 Å². The molecule has 0 aliphatic carbocycles. The molecule has 27 heavy (non-hydrogen) atoms. The first kappa shape index (κ1) is 20.9. The molecule has 2 N–H and O–H groups in total. The quantitative estimate of drug-likeness (QED) is 0.692. The van der Waals surface area contributed by atoms with E-state index < -0.39 is 10.0 Å². The average Bonchev–Trinajstić information content (AvgIpc) is 2.68. The predicted molar refractivity (Wildman–Crippen MR) is 107 cm³/mol. The van der Waals surface area contributed by atoms with E-state index in [0.29, 0.717) is 26.2 Å². The second-order valence-electron chi connectivity index (χ2n) is 6.08. The molecule has 0 spiro atoms. The van der Waals surface area contributed by atoms with Gasteiger partial charge in [0.05, 0.1) is 4.90 Å². The molecule has 2 aromatic carbocycles. The lowest BCUT2D eigenvalue weighted by atomic mass is 10.1. The van der Waals surface area contributed by atoms with Crippen molar-refractivity contribution < 1.29 is 13.2 Å². The molecule has 146 valence electrons. The number of urea groups is 1. The van der Waals surface area contributed by atoms with Crippen LogP contribution in [0.15, 0.2) is 59.5 Å². The Balaban J connectivity index is 1.81. The number of amides is 2. The van der Waals surface area contributed by atoms with E-state index in [1.165, 1.54) is 9.87 Å². The molecule has 2 aromatic rings. The van der Waals surface area contributed by atoms with Crippen molar-refractivity contribution in [2.75, 3.05) is 19.6 Å². The zero-order chi connectivity index (χ0) is 19.7. The lowest BCUT2D eigenvalue weighted by Crippen LogP contribution is -2.36. The number of benzene rings is 2. The van der Waals surface area contributed by atoms with Crippen molar-refractivity contribution in [2.45, 2.75) is 31.7 Å². The normalized spacial score (nSPS) is 11.4. The summed E-state index contributed by atoms with van der Waals surface area (Å²) in [5, 5.41) is 5.59. The Bertz CT molecular complexity index is 817. The van der Waals surface area contributed by atoms with Gasteiger partial charge in [0.1, 0.15) is 0 Å². The molecule has 6 nitrogen and oxygen atoms in total.